The average molecular weight is 371 g/mol. The highest BCUT2D eigenvalue weighted by atomic mass is 16.5. The number of rotatable bonds is 9. The van der Waals surface area contributed by atoms with E-state index in [4.69, 9.17) is 14.2 Å². The molecule has 0 heterocycles. The third-order valence-electron chi connectivity index (χ3n) is 3.74. The quantitative estimate of drug-likeness (QED) is 0.677. The molecule has 27 heavy (non-hydrogen) atoms. The molecule has 1 N–H and O–H groups in total. The maximum atomic E-state index is 12.2. The van der Waals surface area contributed by atoms with E-state index in [9.17, 15) is 9.59 Å². The van der Waals surface area contributed by atoms with Crippen molar-refractivity contribution in [1.82, 2.24) is 0 Å². The Hall–Kier alpha value is -3.02. The highest BCUT2D eigenvalue weighted by Crippen LogP contribution is 2.28. The Kier molecular flexibility index (Phi) is 7.67. The minimum Gasteiger partial charge on any atom is -0.493 e. The molecule has 0 unspecified atom stereocenters. The summed E-state index contributed by atoms with van der Waals surface area (Å²) in [6.45, 7) is 4.43. The molecule has 2 rings (SSSR count). The zero-order valence-corrected chi connectivity index (χ0v) is 15.9. The van der Waals surface area contributed by atoms with Crippen LogP contribution in [0, 0.1) is 5.92 Å². The lowest BCUT2D eigenvalue weighted by molar-refractivity contribution is -0.119. The van der Waals surface area contributed by atoms with E-state index in [0.29, 0.717) is 29.7 Å². The maximum Gasteiger partial charge on any atom is 0.338 e. The molecule has 0 aromatic heterocycles. The Morgan fingerprint density at radius 2 is 1.78 bits per heavy atom. The Labute approximate surface area is 159 Å². The van der Waals surface area contributed by atoms with Gasteiger partial charge in [0.1, 0.15) is 0 Å². The van der Waals surface area contributed by atoms with Crippen LogP contribution in [0.15, 0.2) is 48.5 Å². The van der Waals surface area contributed by atoms with Gasteiger partial charge in [0, 0.05) is 5.69 Å². The summed E-state index contributed by atoms with van der Waals surface area (Å²) in [6, 6.07) is 13.8. The summed E-state index contributed by atoms with van der Waals surface area (Å²) in [5.41, 5.74) is 0.929. The number of amides is 1. The number of hydrogen-bond acceptors (Lipinski definition) is 5. The molecular weight excluding hydrogens is 346 g/mol. The van der Waals surface area contributed by atoms with Gasteiger partial charge >= 0.3 is 5.97 Å². The van der Waals surface area contributed by atoms with Crippen molar-refractivity contribution in [3.63, 3.8) is 0 Å². The van der Waals surface area contributed by atoms with Gasteiger partial charge in [-0.05, 0) is 42.7 Å². The van der Waals surface area contributed by atoms with Gasteiger partial charge in [-0.25, -0.2) is 4.79 Å². The van der Waals surface area contributed by atoms with Crippen molar-refractivity contribution in [3.05, 3.63) is 54.1 Å². The lowest BCUT2D eigenvalue weighted by atomic mass is 10.1. The molecule has 0 atom stereocenters. The Bertz CT molecular complexity index is 758. The van der Waals surface area contributed by atoms with Crippen molar-refractivity contribution in [1.29, 1.82) is 0 Å². The zero-order chi connectivity index (χ0) is 19.6. The van der Waals surface area contributed by atoms with Crippen molar-refractivity contribution < 1.29 is 23.8 Å². The van der Waals surface area contributed by atoms with E-state index < -0.39 is 11.9 Å². The fourth-order valence-corrected chi connectivity index (χ4v) is 2.25. The summed E-state index contributed by atoms with van der Waals surface area (Å²) in [4.78, 5) is 24.1. The first-order valence-electron chi connectivity index (χ1n) is 8.82. The first-order valence-corrected chi connectivity index (χ1v) is 8.82. The highest BCUT2D eigenvalue weighted by molar-refractivity contribution is 5.95. The van der Waals surface area contributed by atoms with Crippen LogP contribution in [-0.4, -0.2) is 32.2 Å². The summed E-state index contributed by atoms with van der Waals surface area (Å²) in [5, 5.41) is 2.65. The van der Waals surface area contributed by atoms with Gasteiger partial charge in [0.05, 0.1) is 19.3 Å². The third kappa shape index (κ3) is 6.66. The van der Waals surface area contributed by atoms with Crippen LogP contribution in [0.3, 0.4) is 0 Å². The molecular formula is C21H25NO5. The van der Waals surface area contributed by atoms with Crippen LogP contribution >= 0.6 is 0 Å². The molecule has 6 nitrogen and oxygen atoms in total. The first-order chi connectivity index (χ1) is 13.0. The number of hydrogen-bond donors (Lipinski definition) is 1. The van der Waals surface area contributed by atoms with Gasteiger partial charge in [-0.15, -0.1) is 0 Å². The number of ether oxygens (including phenoxy) is 3. The van der Waals surface area contributed by atoms with Gasteiger partial charge in [0.2, 0.25) is 0 Å². The third-order valence-corrected chi connectivity index (χ3v) is 3.74. The van der Waals surface area contributed by atoms with E-state index in [1.54, 1.807) is 42.5 Å². The Morgan fingerprint density at radius 1 is 1.04 bits per heavy atom. The van der Waals surface area contributed by atoms with Crippen molar-refractivity contribution in [2.75, 3.05) is 25.6 Å². The van der Waals surface area contributed by atoms with Crippen LogP contribution in [-0.2, 0) is 9.53 Å². The summed E-state index contributed by atoms with van der Waals surface area (Å²) >= 11 is 0. The van der Waals surface area contributed by atoms with Crippen LogP contribution < -0.4 is 14.8 Å². The Morgan fingerprint density at radius 3 is 2.44 bits per heavy atom. The largest absolute Gasteiger partial charge is 0.493 e. The van der Waals surface area contributed by atoms with Crippen molar-refractivity contribution in [2.24, 2.45) is 5.92 Å². The minimum atomic E-state index is -0.606. The van der Waals surface area contributed by atoms with Crippen LogP contribution in [0.5, 0.6) is 11.5 Å². The fourth-order valence-electron chi connectivity index (χ4n) is 2.25. The van der Waals surface area contributed by atoms with E-state index in [1.165, 1.54) is 7.11 Å². The van der Waals surface area contributed by atoms with Crippen molar-refractivity contribution >= 4 is 17.6 Å². The second-order valence-electron chi connectivity index (χ2n) is 6.39. The zero-order valence-electron chi connectivity index (χ0n) is 15.9. The van der Waals surface area contributed by atoms with E-state index in [-0.39, 0.29) is 12.2 Å². The highest BCUT2D eigenvalue weighted by Gasteiger charge is 2.14. The second kappa shape index (κ2) is 10.2. The number of methoxy groups -OCH3 is 1. The number of esters is 1. The molecule has 0 bridgehead atoms. The fraction of sp³-hybridized carbons (Fsp3) is 0.333. The van der Waals surface area contributed by atoms with E-state index in [1.807, 2.05) is 6.07 Å². The molecule has 144 valence electrons. The van der Waals surface area contributed by atoms with Gasteiger partial charge < -0.3 is 19.5 Å². The molecule has 0 aliphatic heterocycles. The lowest BCUT2D eigenvalue weighted by Gasteiger charge is -2.13. The standard InChI is InChI=1S/C21H25NO5/c1-15(2)11-12-26-18-10-9-16(13-19(18)25-3)21(24)27-14-20(23)22-17-7-5-4-6-8-17/h4-10,13,15H,11-12,14H2,1-3H3,(H,22,23). The molecule has 0 saturated heterocycles. The number of benzene rings is 2. The van der Waals surface area contributed by atoms with Gasteiger partial charge in [-0.2, -0.15) is 0 Å². The summed E-state index contributed by atoms with van der Waals surface area (Å²) in [7, 11) is 1.51. The van der Waals surface area contributed by atoms with Gasteiger partial charge in [0.15, 0.2) is 18.1 Å². The topological polar surface area (TPSA) is 73.9 Å². The van der Waals surface area contributed by atoms with Crippen molar-refractivity contribution in [3.8, 4) is 11.5 Å². The first kappa shape index (κ1) is 20.3. The molecule has 0 aliphatic rings. The van der Waals surface area contributed by atoms with Gasteiger partial charge in [-0.3, -0.25) is 4.79 Å². The number of nitrogens with one attached hydrogen (secondary N) is 1. The number of anilines is 1. The SMILES string of the molecule is COc1cc(C(=O)OCC(=O)Nc2ccccc2)ccc1OCCC(C)C. The minimum absolute atomic E-state index is 0.288. The monoisotopic (exact) mass is 371 g/mol. The molecule has 1 amide bonds. The average Bonchev–Trinajstić information content (AvgIpc) is 2.66. The van der Waals surface area contributed by atoms with Crippen molar-refractivity contribution in [2.45, 2.75) is 20.3 Å². The smallest absolute Gasteiger partial charge is 0.338 e. The molecule has 0 fully saturated rings. The molecule has 0 aliphatic carbocycles. The van der Waals surface area contributed by atoms with Crippen LogP contribution in [0.25, 0.3) is 0 Å². The molecule has 0 radical (unpaired) electrons. The Balaban J connectivity index is 1.90. The second-order valence-corrected chi connectivity index (χ2v) is 6.39. The molecule has 0 saturated carbocycles. The van der Waals surface area contributed by atoms with E-state index in [2.05, 4.69) is 19.2 Å². The summed E-state index contributed by atoms with van der Waals surface area (Å²) < 4.78 is 16.0. The molecule has 6 heteroatoms. The number of carbonyl (C=O) groups excluding carboxylic acids is 2. The maximum absolute atomic E-state index is 12.2. The summed E-state index contributed by atoms with van der Waals surface area (Å²) in [6.07, 6.45) is 0.920. The number of carbonyl (C=O) groups is 2. The van der Waals surface area contributed by atoms with Crippen LogP contribution in [0.2, 0.25) is 0 Å². The van der Waals surface area contributed by atoms with E-state index >= 15 is 0 Å². The normalized spacial score (nSPS) is 10.4. The van der Waals surface area contributed by atoms with Crippen LogP contribution in [0.4, 0.5) is 5.69 Å². The van der Waals surface area contributed by atoms with Crippen LogP contribution in [0.1, 0.15) is 30.6 Å². The molecule has 0 spiro atoms. The molecule has 2 aromatic rings. The van der Waals surface area contributed by atoms with E-state index in [0.717, 1.165) is 6.42 Å². The van der Waals surface area contributed by atoms with Gasteiger partial charge in [0.25, 0.3) is 5.91 Å². The predicted octanol–water partition coefficient (Wildman–Crippen LogP) is 3.92. The van der Waals surface area contributed by atoms with Gasteiger partial charge in [-0.1, -0.05) is 32.0 Å². The summed E-state index contributed by atoms with van der Waals surface area (Å²) in [5.74, 6) is 0.533. The molecule has 2 aromatic carbocycles. The predicted molar refractivity (Wildman–Crippen MR) is 103 cm³/mol. The number of para-hydroxylation sites is 1. The lowest BCUT2D eigenvalue weighted by Crippen LogP contribution is -2.20.